The van der Waals surface area contributed by atoms with Gasteiger partial charge in [0.15, 0.2) is 0 Å². The number of rotatable bonds is 6. The lowest BCUT2D eigenvalue weighted by Gasteiger charge is -2.18. The zero-order chi connectivity index (χ0) is 16.9. The summed E-state index contributed by atoms with van der Waals surface area (Å²) in [6.07, 6.45) is 0. The third kappa shape index (κ3) is 3.66. The van der Waals surface area contributed by atoms with Crippen molar-refractivity contribution in [2.45, 2.75) is 20.4 Å². The molecule has 0 bridgehead atoms. The molecule has 0 aliphatic rings. The molecule has 0 radical (unpaired) electrons. The lowest BCUT2D eigenvalue weighted by atomic mass is 10.2. The number of nitrogens with zero attached hydrogens (tertiary/aromatic N) is 1. The van der Waals surface area contributed by atoms with Crippen LogP contribution in [0.15, 0.2) is 54.6 Å². The zero-order valence-corrected chi connectivity index (χ0v) is 14.2. The van der Waals surface area contributed by atoms with E-state index in [1.54, 1.807) is 0 Å². The summed E-state index contributed by atoms with van der Waals surface area (Å²) in [7, 11) is 0. The van der Waals surface area contributed by atoms with Crippen LogP contribution in [0.25, 0.3) is 10.9 Å². The number of H-pyrrole nitrogens is 1. The van der Waals surface area contributed by atoms with Crippen LogP contribution in [0.2, 0.25) is 0 Å². The molecule has 4 nitrogen and oxygen atoms in total. The van der Waals surface area contributed by atoms with Crippen LogP contribution in [-0.2, 0) is 6.54 Å². The number of hydrogen-bond donors (Lipinski definition) is 2. The molecular weight excluding hydrogens is 298 g/mol. The summed E-state index contributed by atoms with van der Waals surface area (Å²) in [4.78, 5) is 18.0. The fourth-order valence-electron chi connectivity index (χ4n) is 2.85. The Balaban J connectivity index is 1.74. The van der Waals surface area contributed by atoms with Crippen molar-refractivity contribution in [3.63, 3.8) is 0 Å². The summed E-state index contributed by atoms with van der Waals surface area (Å²) >= 11 is 0. The van der Waals surface area contributed by atoms with Gasteiger partial charge in [0, 0.05) is 23.1 Å². The van der Waals surface area contributed by atoms with Gasteiger partial charge in [-0.15, -0.1) is 0 Å². The number of amides is 1. The van der Waals surface area contributed by atoms with Gasteiger partial charge in [-0.2, -0.15) is 0 Å². The minimum absolute atomic E-state index is 0.119. The van der Waals surface area contributed by atoms with Gasteiger partial charge in [-0.1, -0.05) is 44.2 Å². The number of nitrogens with one attached hydrogen (secondary N) is 2. The highest BCUT2D eigenvalue weighted by Gasteiger charge is 2.10. The smallest absolute Gasteiger partial charge is 0.272 e. The number of carbonyl (C=O) groups excluding carboxylic acids is 1. The highest BCUT2D eigenvalue weighted by atomic mass is 16.1. The minimum atomic E-state index is -0.119. The Morgan fingerprint density at radius 2 is 1.83 bits per heavy atom. The molecule has 1 heterocycles. The average Bonchev–Trinajstić information content (AvgIpc) is 3.04. The van der Waals surface area contributed by atoms with Crippen LogP contribution >= 0.6 is 0 Å². The van der Waals surface area contributed by atoms with E-state index in [1.807, 2.05) is 48.5 Å². The molecule has 3 rings (SSSR count). The molecule has 0 unspecified atom stereocenters. The number of aromatic nitrogens is 1. The predicted molar refractivity (Wildman–Crippen MR) is 99.3 cm³/mol. The molecule has 2 aromatic carbocycles. The van der Waals surface area contributed by atoms with Crippen LogP contribution in [0.4, 0.5) is 5.69 Å². The Bertz CT molecular complexity index is 801. The van der Waals surface area contributed by atoms with Crippen molar-refractivity contribution in [2.75, 3.05) is 18.4 Å². The monoisotopic (exact) mass is 321 g/mol. The highest BCUT2D eigenvalue weighted by Crippen LogP contribution is 2.17. The second-order valence-corrected chi connectivity index (χ2v) is 5.89. The summed E-state index contributed by atoms with van der Waals surface area (Å²) in [6.45, 7) is 7.24. The summed E-state index contributed by atoms with van der Waals surface area (Å²) in [6, 6.07) is 17.8. The SMILES string of the molecule is CCN(CC)Cc1cccc(NC(=O)c2cc3ccccc3[nH]2)c1. The van der Waals surface area contributed by atoms with Crippen LogP contribution in [0, 0.1) is 0 Å². The number of fused-ring (bicyclic) bond motifs is 1. The highest BCUT2D eigenvalue weighted by molar-refractivity contribution is 6.05. The first-order valence-corrected chi connectivity index (χ1v) is 8.40. The van der Waals surface area contributed by atoms with E-state index in [2.05, 4.69) is 35.1 Å². The molecule has 4 heteroatoms. The van der Waals surface area contributed by atoms with Crippen molar-refractivity contribution in [3.05, 3.63) is 65.9 Å². The summed E-state index contributed by atoms with van der Waals surface area (Å²) in [5.41, 5.74) is 3.57. The second kappa shape index (κ2) is 7.32. The molecule has 0 fully saturated rings. The van der Waals surface area contributed by atoms with E-state index >= 15 is 0 Å². The third-order valence-corrected chi connectivity index (χ3v) is 4.26. The van der Waals surface area contributed by atoms with E-state index in [4.69, 9.17) is 0 Å². The number of carbonyl (C=O) groups is 1. The molecule has 0 saturated carbocycles. The molecule has 3 aromatic rings. The molecule has 0 saturated heterocycles. The van der Waals surface area contributed by atoms with Crippen LogP contribution < -0.4 is 5.32 Å². The average molecular weight is 321 g/mol. The van der Waals surface area contributed by atoms with Gasteiger partial charge in [-0.25, -0.2) is 0 Å². The minimum Gasteiger partial charge on any atom is -0.351 e. The molecular formula is C20H23N3O. The molecule has 0 spiro atoms. The Morgan fingerprint density at radius 3 is 2.58 bits per heavy atom. The predicted octanol–water partition coefficient (Wildman–Crippen LogP) is 4.26. The maximum absolute atomic E-state index is 12.5. The van der Waals surface area contributed by atoms with Gasteiger partial charge in [0.2, 0.25) is 0 Å². The van der Waals surface area contributed by atoms with E-state index in [-0.39, 0.29) is 5.91 Å². The molecule has 1 aromatic heterocycles. The topological polar surface area (TPSA) is 48.1 Å². The molecule has 0 atom stereocenters. The van der Waals surface area contributed by atoms with Crippen molar-refractivity contribution in [1.29, 1.82) is 0 Å². The number of anilines is 1. The van der Waals surface area contributed by atoms with E-state index in [0.29, 0.717) is 5.69 Å². The second-order valence-electron chi connectivity index (χ2n) is 5.89. The molecule has 0 aliphatic carbocycles. The van der Waals surface area contributed by atoms with Crippen molar-refractivity contribution in [2.24, 2.45) is 0 Å². The van der Waals surface area contributed by atoms with Gasteiger partial charge in [-0.05, 0) is 42.9 Å². The quantitative estimate of drug-likeness (QED) is 0.712. The number of hydrogen-bond acceptors (Lipinski definition) is 2. The lowest BCUT2D eigenvalue weighted by Crippen LogP contribution is -2.22. The molecule has 1 amide bonds. The number of aromatic amines is 1. The summed E-state index contributed by atoms with van der Waals surface area (Å²) < 4.78 is 0. The van der Waals surface area contributed by atoms with Crippen LogP contribution in [0.1, 0.15) is 29.9 Å². The van der Waals surface area contributed by atoms with Crippen LogP contribution in [-0.4, -0.2) is 28.9 Å². The first-order valence-electron chi connectivity index (χ1n) is 8.40. The van der Waals surface area contributed by atoms with Crippen molar-refractivity contribution in [3.8, 4) is 0 Å². The maximum Gasteiger partial charge on any atom is 0.272 e. The first-order chi connectivity index (χ1) is 11.7. The number of benzene rings is 2. The van der Waals surface area contributed by atoms with Gasteiger partial charge < -0.3 is 10.3 Å². The van der Waals surface area contributed by atoms with E-state index in [9.17, 15) is 4.79 Å². The van der Waals surface area contributed by atoms with Gasteiger partial charge in [0.25, 0.3) is 5.91 Å². The Labute approximate surface area is 142 Å². The fraction of sp³-hybridized carbons (Fsp3) is 0.250. The van der Waals surface area contributed by atoms with E-state index in [1.165, 1.54) is 5.56 Å². The van der Waals surface area contributed by atoms with Gasteiger partial charge in [-0.3, -0.25) is 9.69 Å². The van der Waals surface area contributed by atoms with Crippen LogP contribution in [0.5, 0.6) is 0 Å². The summed E-state index contributed by atoms with van der Waals surface area (Å²) in [5.74, 6) is -0.119. The van der Waals surface area contributed by atoms with Gasteiger partial charge in [0.1, 0.15) is 5.69 Å². The van der Waals surface area contributed by atoms with Gasteiger partial charge in [0.05, 0.1) is 0 Å². The van der Waals surface area contributed by atoms with Crippen molar-refractivity contribution >= 4 is 22.5 Å². The van der Waals surface area contributed by atoms with Crippen molar-refractivity contribution in [1.82, 2.24) is 9.88 Å². The normalized spacial score (nSPS) is 11.1. The van der Waals surface area contributed by atoms with Crippen molar-refractivity contribution < 1.29 is 4.79 Å². The lowest BCUT2D eigenvalue weighted by molar-refractivity contribution is 0.102. The Morgan fingerprint density at radius 1 is 1.04 bits per heavy atom. The van der Waals surface area contributed by atoms with E-state index < -0.39 is 0 Å². The van der Waals surface area contributed by atoms with Crippen LogP contribution in [0.3, 0.4) is 0 Å². The standard InChI is InChI=1S/C20H23N3O/c1-3-23(4-2)14-15-8-7-10-17(12-15)21-20(24)19-13-16-9-5-6-11-18(16)22-19/h5-13,22H,3-4,14H2,1-2H3,(H,21,24). The Hall–Kier alpha value is -2.59. The Kier molecular flexibility index (Phi) is 4.96. The third-order valence-electron chi connectivity index (χ3n) is 4.26. The largest absolute Gasteiger partial charge is 0.351 e. The zero-order valence-electron chi connectivity index (χ0n) is 14.2. The first kappa shape index (κ1) is 16.3. The fourth-order valence-corrected chi connectivity index (χ4v) is 2.85. The molecule has 24 heavy (non-hydrogen) atoms. The number of para-hydroxylation sites is 1. The summed E-state index contributed by atoms with van der Waals surface area (Å²) in [5, 5.41) is 4.02. The molecule has 124 valence electrons. The molecule has 0 aliphatic heterocycles. The van der Waals surface area contributed by atoms with E-state index in [0.717, 1.165) is 36.2 Å². The molecule has 2 N–H and O–H groups in total. The van der Waals surface area contributed by atoms with Gasteiger partial charge >= 0.3 is 0 Å². The maximum atomic E-state index is 12.5.